The number of rotatable bonds is 4. The summed E-state index contributed by atoms with van der Waals surface area (Å²) in [5, 5.41) is 3.11. The Morgan fingerprint density at radius 1 is 1.63 bits per heavy atom. The monoisotopic (exact) mass is 280 g/mol. The summed E-state index contributed by atoms with van der Waals surface area (Å²) < 4.78 is 5.86. The maximum Gasteiger partial charge on any atom is 0.226 e. The topological polar surface area (TPSA) is 42.4 Å². The minimum absolute atomic E-state index is 0.181. The number of thiazole rings is 1. The maximum atomic E-state index is 12.1. The molecule has 104 valence electrons. The molecule has 5 heteroatoms. The van der Waals surface area contributed by atoms with E-state index in [1.807, 2.05) is 17.2 Å². The van der Waals surface area contributed by atoms with E-state index in [0.29, 0.717) is 24.3 Å². The SMILES string of the molecule is Cc1nc(CO[C@@H]2CCN(C(=O)[C@H]3C[C@H]3C)C2)cs1. The number of aromatic nitrogens is 1. The van der Waals surface area contributed by atoms with Crippen molar-refractivity contribution in [1.82, 2.24) is 9.88 Å². The molecule has 19 heavy (non-hydrogen) atoms. The van der Waals surface area contributed by atoms with Crippen LogP contribution in [0.15, 0.2) is 5.38 Å². The molecule has 3 rings (SSSR count). The van der Waals surface area contributed by atoms with Crippen LogP contribution in [0.1, 0.15) is 30.5 Å². The zero-order valence-corrected chi connectivity index (χ0v) is 12.3. The molecule has 1 aromatic rings. The average Bonchev–Trinajstić information content (AvgIpc) is 2.81. The van der Waals surface area contributed by atoms with E-state index in [1.165, 1.54) is 0 Å². The minimum Gasteiger partial charge on any atom is -0.370 e. The molecule has 0 bridgehead atoms. The van der Waals surface area contributed by atoms with Gasteiger partial charge < -0.3 is 9.64 Å². The van der Waals surface area contributed by atoms with Crippen molar-refractivity contribution in [1.29, 1.82) is 0 Å². The lowest BCUT2D eigenvalue weighted by Crippen LogP contribution is -2.31. The van der Waals surface area contributed by atoms with Crippen LogP contribution in [0, 0.1) is 18.8 Å². The lowest BCUT2D eigenvalue weighted by molar-refractivity contribution is -0.132. The minimum atomic E-state index is 0.181. The average molecular weight is 280 g/mol. The van der Waals surface area contributed by atoms with E-state index in [0.717, 1.165) is 36.6 Å². The smallest absolute Gasteiger partial charge is 0.226 e. The Hall–Kier alpha value is -0.940. The zero-order chi connectivity index (χ0) is 13.4. The highest BCUT2D eigenvalue weighted by molar-refractivity contribution is 7.09. The quantitative estimate of drug-likeness (QED) is 0.849. The maximum absolute atomic E-state index is 12.1. The van der Waals surface area contributed by atoms with Gasteiger partial charge in [0.1, 0.15) is 0 Å². The molecule has 2 aliphatic rings. The van der Waals surface area contributed by atoms with E-state index in [4.69, 9.17) is 4.74 Å². The molecule has 1 aliphatic carbocycles. The van der Waals surface area contributed by atoms with Crippen molar-refractivity contribution < 1.29 is 9.53 Å². The molecule has 1 aliphatic heterocycles. The van der Waals surface area contributed by atoms with Crippen LogP contribution in [0.2, 0.25) is 0 Å². The second-order valence-corrected chi connectivity index (χ2v) is 6.75. The highest BCUT2D eigenvalue weighted by Gasteiger charge is 2.43. The Kier molecular flexibility index (Phi) is 3.58. The van der Waals surface area contributed by atoms with E-state index in [1.54, 1.807) is 11.3 Å². The highest BCUT2D eigenvalue weighted by Crippen LogP contribution is 2.39. The molecule has 1 saturated heterocycles. The summed E-state index contributed by atoms with van der Waals surface area (Å²) in [5.74, 6) is 1.22. The number of ether oxygens (including phenoxy) is 1. The number of amides is 1. The molecule has 0 radical (unpaired) electrons. The van der Waals surface area contributed by atoms with Crippen LogP contribution in [0.4, 0.5) is 0 Å². The number of carbonyl (C=O) groups is 1. The van der Waals surface area contributed by atoms with Crippen LogP contribution < -0.4 is 0 Å². The van der Waals surface area contributed by atoms with E-state index in [9.17, 15) is 4.79 Å². The second-order valence-electron chi connectivity index (χ2n) is 5.68. The van der Waals surface area contributed by atoms with Crippen LogP contribution in [0.5, 0.6) is 0 Å². The standard InChI is InChI=1S/C14H20N2O2S/c1-9-5-13(9)14(17)16-4-3-12(6-16)18-7-11-8-19-10(2)15-11/h8-9,12-13H,3-7H2,1-2H3/t9-,12-,13+/m1/s1. The lowest BCUT2D eigenvalue weighted by Gasteiger charge is -2.16. The summed E-state index contributed by atoms with van der Waals surface area (Å²) in [6.07, 6.45) is 2.20. The normalized spacial score (nSPS) is 29.8. The van der Waals surface area contributed by atoms with Gasteiger partial charge in [0.2, 0.25) is 5.91 Å². The van der Waals surface area contributed by atoms with Gasteiger partial charge in [-0.25, -0.2) is 4.98 Å². The van der Waals surface area contributed by atoms with Crippen LogP contribution in [0.25, 0.3) is 0 Å². The first-order valence-electron chi connectivity index (χ1n) is 6.95. The Balaban J connectivity index is 1.45. The molecular formula is C14H20N2O2S. The van der Waals surface area contributed by atoms with Crippen LogP contribution in [-0.2, 0) is 16.1 Å². The summed E-state index contributed by atoms with van der Waals surface area (Å²) in [7, 11) is 0. The summed E-state index contributed by atoms with van der Waals surface area (Å²) in [5.41, 5.74) is 1.00. The third-order valence-electron chi connectivity index (χ3n) is 4.02. The van der Waals surface area contributed by atoms with Crippen LogP contribution >= 0.6 is 11.3 Å². The van der Waals surface area contributed by atoms with E-state index in [-0.39, 0.29) is 6.10 Å². The predicted molar refractivity (Wildman–Crippen MR) is 73.9 cm³/mol. The van der Waals surface area contributed by atoms with Gasteiger partial charge in [0, 0.05) is 24.4 Å². The number of hydrogen-bond acceptors (Lipinski definition) is 4. The van der Waals surface area contributed by atoms with Crippen LogP contribution in [-0.4, -0.2) is 35.0 Å². The summed E-state index contributed by atoms with van der Waals surface area (Å²) in [4.78, 5) is 18.5. The van der Waals surface area contributed by atoms with E-state index in [2.05, 4.69) is 11.9 Å². The van der Waals surface area contributed by atoms with Crippen molar-refractivity contribution in [3.63, 3.8) is 0 Å². The fraction of sp³-hybridized carbons (Fsp3) is 0.714. The van der Waals surface area contributed by atoms with Gasteiger partial charge in [-0.2, -0.15) is 0 Å². The van der Waals surface area contributed by atoms with Crippen molar-refractivity contribution in [2.75, 3.05) is 13.1 Å². The van der Waals surface area contributed by atoms with Gasteiger partial charge in [0.25, 0.3) is 0 Å². The molecule has 1 amide bonds. The van der Waals surface area contributed by atoms with Crippen molar-refractivity contribution in [3.05, 3.63) is 16.1 Å². The summed E-state index contributed by atoms with van der Waals surface area (Å²) in [6.45, 7) is 6.32. The predicted octanol–water partition coefficient (Wildman–Crippen LogP) is 2.23. The van der Waals surface area contributed by atoms with Crippen LogP contribution in [0.3, 0.4) is 0 Å². The Morgan fingerprint density at radius 2 is 2.42 bits per heavy atom. The van der Waals surface area contributed by atoms with Gasteiger partial charge in [0.15, 0.2) is 0 Å². The Bertz CT molecular complexity index is 474. The molecule has 2 heterocycles. The first kappa shape index (κ1) is 13.1. The number of aryl methyl sites for hydroxylation is 1. The first-order valence-corrected chi connectivity index (χ1v) is 7.83. The van der Waals surface area contributed by atoms with Gasteiger partial charge in [0.05, 0.1) is 23.4 Å². The van der Waals surface area contributed by atoms with Crippen molar-refractivity contribution >= 4 is 17.2 Å². The van der Waals surface area contributed by atoms with Gasteiger partial charge in [-0.1, -0.05) is 6.92 Å². The molecule has 0 unspecified atom stereocenters. The molecular weight excluding hydrogens is 260 g/mol. The fourth-order valence-corrected chi connectivity index (χ4v) is 3.24. The molecule has 1 saturated carbocycles. The Labute approximate surface area is 117 Å². The largest absolute Gasteiger partial charge is 0.370 e. The lowest BCUT2D eigenvalue weighted by atomic mass is 10.3. The van der Waals surface area contributed by atoms with E-state index >= 15 is 0 Å². The van der Waals surface area contributed by atoms with E-state index < -0.39 is 0 Å². The molecule has 4 nitrogen and oxygen atoms in total. The van der Waals surface area contributed by atoms with Crippen molar-refractivity contribution in [2.24, 2.45) is 11.8 Å². The van der Waals surface area contributed by atoms with Gasteiger partial charge in [-0.15, -0.1) is 11.3 Å². The van der Waals surface area contributed by atoms with Gasteiger partial charge in [-0.3, -0.25) is 4.79 Å². The zero-order valence-electron chi connectivity index (χ0n) is 11.5. The van der Waals surface area contributed by atoms with Crippen molar-refractivity contribution in [3.8, 4) is 0 Å². The third-order valence-corrected chi connectivity index (χ3v) is 4.84. The number of nitrogens with zero attached hydrogens (tertiary/aromatic N) is 2. The Morgan fingerprint density at radius 3 is 3.05 bits per heavy atom. The van der Waals surface area contributed by atoms with Gasteiger partial charge >= 0.3 is 0 Å². The molecule has 0 aromatic carbocycles. The first-order chi connectivity index (χ1) is 9.13. The second kappa shape index (κ2) is 5.21. The summed E-state index contributed by atoms with van der Waals surface area (Å²) >= 11 is 1.65. The number of hydrogen-bond donors (Lipinski definition) is 0. The molecule has 0 spiro atoms. The highest BCUT2D eigenvalue weighted by atomic mass is 32.1. The molecule has 0 N–H and O–H groups in total. The van der Waals surface area contributed by atoms with Crippen molar-refractivity contribution in [2.45, 2.75) is 39.4 Å². The molecule has 2 fully saturated rings. The molecule has 3 atom stereocenters. The molecule has 1 aromatic heterocycles. The summed E-state index contributed by atoms with van der Waals surface area (Å²) in [6, 6.07) is 0. The fourth-order valence-electron chi connectivity index (χ4n) is 2.64. The third kappa shape index (κ3) is 2.98. The van der Waals surface area contributed by atoms with Gasteiger partial charge in [-0.05, 0) is 25.7 Å². The number of likely N-dealkylation sites (tertiary alicyclic amines) is 1. The number of carbonyl (C=O) groups excluding carboxylic acids is 1.